The number of aromatic amines is 1. The average molecular weight is 331 g/mol. The number of primary amides is 1. The van der Waals surface area contributed by atoms with Gasteiger partial charge in [-0.3, -0.25) is 4.79 Å². The van der Waals surface area contributed by atoms with Crippen molar-refractivity contribution in [1.82, 2.24) is 9.97 Å². The number of nitrogens with two attached hydrogens (primary N) is 1. The first-order chi connectivity index (χ1) is 12.1. The van der Waals surface area contributed by atoms with Gasteiger partial charge in [-0.15, -0.1) is 0 Å². The molecule has 2 aromatic heterocycles. The van der Waals surface area contributed by atoms with E-state index in [0.29, 0.717) is 5.56 Å². The van der Waals surface area contributed by atoms with Crippen molar-refractivity contribution in [3.8, 4) is 22.3 Å². The van der Waals surface area contributed by atoms with E-state index < -0.39 is 5.91 Å². The van der Waals surface area contributed by atoms with Gasteiger partial charge in [-0.2, -0.15) is 0 Å². The molecular formula is C20H14FN3O. The fourth-order valence-corrected chi connectivity index (χ4v) is 2.86. The van der Waals surface area contributed by atoms with E-state index in [1.54, 1.807) is 30.5 Å². The zero-order valence-electron chi connectivity index (χ0n) is 13.2. The maximum atomic E-state index is 13.1. The molecule has 3 N–H and O–H groups in total. The van der Waals surface area contributed by atoms with Gasteiger partial charge in [0.15, 0.2) is 0 Å². The smallest absolute Gasteiger partial charge is 0.248 e. The number of nitrogens with one attached hydrogen (secondary N) is 1. The van der Waals surface area contributed by atoms with Crippen LogP contribution in [-0.4, -0.2) is 15.9 Å². The first kappa shape index (κ1) is 15.1. The number of carbonyl (C=O) groups is 1. The summed E-state index contributed by atoms with van der Waals surface area (Å²) in [6.45, 7) is 0. The molecule has 0 fully saturated rings. The van der Waals surface area contributed by atoms with Crippen molar-refractivity contribution in [1.29, 1.82) is 0 Å². The third-order valence-electron chi connectivity index (χ3n) is 4.19. The molecule has 0 bridgehead atoms. The second-order valence-electron chi connectivity index (χ2n) is 5.77. The Morgan fingerprint density at radius 1 is 0.960 bits per heavy atom. The van der Waals surface area contributed by atoms with Crippen LogP contribution in [0.25, 0.3) is 33.3 Å². The Kier molecular flexibility index (Phi) is 3.54. The number of pyridine rings is 1. The van der Waals surface area contributed by atoms with Gasteiger partial charge in [0.25, 0.3) is 0 Å². The van der Waals surface area contributed by atoms with Crippen molar-refractivity contribution >= 4 is 16.9 Å². The molecule has 0 unspecified atom stereocenters. The molecule has 5 heteroatoms. The highest BCUT2D eigenvalue weighted by atomic mass is 19.1. The Bertz CT molecular complexity index is 1070. The summed E-state index contributed by atoms with van der Waals surface area (Å²) < 4.78 is 13.1. The van der Waals surface area contributed by atoms with Gasteiger partial charge in [-0.05, 0) is 41.5 Å². The number of fused-ring (bicyclic) bond motifs is 1. The van der Waals surface area contributed by atoms with Gasteiger partial charge < -0.3 is 10.7 Å². The lowest BCUT2D eigenvalue weighted by Gasteiger charge is -2.04. The first-order valence-electron chi connectivity index (χ1n) is 7.75. The van der Waals surface area contributed by atoms with E-state index in [1.165, 1.54) is 12.1 Å². The van der Waals surface area contributed by atoms with Crippen LogP contribution < -0.4 is 5.73 Å². The monoisotopic (exact) mass is 331 g/mol. The summed E-state index contributed by atoms with van der Waals surface area (Å²) in [5, 5.41) is 0.952. The quantitative estimate of drug-likeness (QED) is 0.592. The van der Waals surface area contributed by atoms with E-state index in [0.717, 1.165) is 33.3 Å². The van der Waals surface area contributed by atoms with E-state index in [-0.39, 0.29) is 5.82 Å². The number of benzene rings is 2. The van der Waals surface area contributed by atoms with Crippen LogP contribution in [0.5, 0.6) is 0 Å². The van der Waals surface area contributed by atoms with Gasteiger partial charge in [0.05, 0.1) is 0 Å². The molecule has 0 aliphatic rings. The number of carbonyl (C=O) groups excluding carboxylic acids is 1. The van der Waals surface area contributed by atoms with Gasteiger partial charge in [0.1, 0.15) is 11.5 Å². The van der Waals surface area contributed by atoms with Gasteiger partial charge in [0, 0.05) is 34.5 Å². The second kappa shape index (κ2) is 5.87. The van der Waals surface area contributed by atoms with Crippen molar-refractivity contribution in [2.45, 2.75) is 0 Å². The number of aromatic nitrogens is 2. The van der Waals surface area contributed by atoms with Crippen molar-refractivity contribution in [3.05, 3.63) is 78.4 Å². The lowest BCUT2D eigenvalue weighted by atomic mass is 10.0. The first-order valence-corrected chi connectivity index (χ1v) is 7.75. The van der Waals surface area contributed by atoms with Crippen LogP contribution in [0.4, 0.5) is 4.39 Å². The van der Waals surface area contributed by atoms with Crippen LogP contribution in [0.1, 0.15) is 10.4 Å². The van der Waals surface area contributed by atoms with E-state index in [9.17, 15) is 9.18 Å². The van der Waals surface area contributed by atoms with Gasteiger partial charge >= 0.3 is 0 Å². The molecule has 122 valence electrons. The number of halogens is 1. The van der Waals surface area contributed by atoms with Crippen LogP contribution in [0.15, 0.2) is 67.0 Å². The van der Waals surface area contributed by atoms with Gasteiger partial charge in [0.2, 0.25) is 5.91 Å². The molecule has 0 saturated carbocycles. The molecule has 0 spiro atoms. The predicted octanol–water partition coefficient (Wildman–Crippen LogP) is 4.13. The summed E-state index contributed by atoms with van der Waals surface area (Å²) in [4.78, 5) is 18.8. The molecule has 25 heavy (non-hydrogen) atoms. The van der Waals surface area contributed by atoms with Crippen LogP contribution in [0.3, 0.4) is 0 Å². The zero-order valence-corrected chi connectivity index (χ0v) is 13.2. The van der Waals surface area contributed by atoms with E-state index in [1.807, 2.05) is 24.4 Å². The Labute approximate surface area is 143 Å². The zero-order chi connectivity index (χ0) is 17.4. The largest absolute Gasteiger partial charge is 0.366 e. The molecule has 2 aromatic carbocycles. The van der Waals surface area contributed by atoms with E-state index >= 15 is 0 Å². The lowest BCUT2D eigenvalue weighted by Crippen LogP contribution is -2.10. The fourth-order valence-electron chi connectivity index (χ4n) is 2.86. The minimum atomic E-state index is -0.453. The standard InChI is InChI=1S/C20H14FN3O/c21-16-7-5-12(6-8-16)15-9-17-18(11-24-20(17)23-10-15)13-1-3-14(4-2-13)19(22)25/h1-11H,(H2,22,25)(H,23,24). The lowest BCUT2D eigenvalue weighted by molar-refractivity contribution is 0.100. The summed E-state index contributed by atoms with van der Waals surface area (Å²) in [6, 6.07) is 15.4. The number of nitrogens with zero attached hydrogens (tertiary/aromatic N) is 1. The molecule has 0 aliphatic heterocycles. The average Bonchev–Trinajstić information content (AvgIpc) is 3.05. The molecule has 0 atom stereocenters. The molecule has 4 rings (SSSR count). The highest BCUT2D eigenvalue weighted by Gasteiger charge is 2.10. The maximum Gasteiger partial charge on any atom is 0.248 e. The molecule has 0 radical (unpaired) electrons. The molecule has 0 saturated heterocycles. The summed E-state index contributed by atoms with van der Waals surface area (Å²) in [5.74, 6) is -0.722. The minimum absolute atomic E-state index is 0.269. The topological polar surface area (TPSA) is 71.8 Å². The van der Waals surface area contributed by atoms with Crippen molar-refractivity contribution in [2.75, 3.05) is 0 Å². The van der Waals surface area contributed by atoms with Gasteiger partial charge in [-0.1, -0.05) is 24.3 Å². The maximum absolute atomic E-state index is 13.1. The third kappa shape index (κ3) is 2.76. The Morgan fingerprint density at radius 3 is 2.32 bits per heavy atom. The Morgan fingerprint density at radius 2 is 1.64 bits per heavy atom. The van der Waals surface area contributed by atoms with Crippen LogP contribution in [0, 0.1) is 5.82 Å². The Balaban J connectivity index is 1.81. The SMILES string of the molecule is NC(=O)c1ccc(-c2c[nH]c3ncc(-c4ccc(F)cc4)cc23)cc1. The van der Waals surface area contributed by atoms with Gasteiger partial charge in [-0.25, -0.2) is 9.37 Å². The van der Waals surface area contributed by atoms with Crippen LogP contribution in [-0.2, 0) is 0 Å². The number of H-pyrrole nitrogens is 1. The highest BCUT2D eigenvalue weighted by Crippen LogP contribution is 2.31. The summed E-state index contributed by atoms with van der Waals surface area (Å²) in [5.41, 5.74) is 10.2. The third-order valence-corrected chi connectivity index (χ3v) is 4.19. The highest BCUT2D eigenvalue weighted by molar-refractivity contribution is 5.97. The van der Waals surface area contributed by atoms with Crippen molar-refractivity contribution < 1.29 is 9.18 Å². The summed E-state index contributed by atoms with van der Waals surface area (Å²) >= 11 is 0. The molecule has 0 aliphatic carbocycles. The van der Waals surface area contributed by atoms with Crippen LogP contribution >= 0.6 is 0 Å². The molecule has 4 nitrogen and oxygen atoms in total. The summed E-state index contributed by atoms with van der Waals surface area (Å²) in [7, 11) is 0. The predicted molar refractivity (Wildman–Crippen MR) is 95.4 cm³/mol. The number of hydrogen-bond donors (Lipinski definition) is 2. The molecule has 2 heterocycles. The Hall–Kier alpha value is -3.47. The molecule has 4 aromatic rings. The fraction of sp³-hybridized carbons (Fsp3) is 0. The number of amides is 1. The number of rotatable bonds is 3. The normalized spacial score (nSPS) is 10.9. The molecule has 1 amide bonds. The summed E-state index contributed by atoms with van der Waals surface area (Å²) in [6.07, 6.45) is 3.64. The van der Waals surface area contributed by atoms with E-state index in [2.05, 4.69) is 9.97 Å². The minimum Gasteiger partial charge on any atom is -0.366 e. The van der Waals surface area contributed by atoms with Crippen LogP contribution in [0.2, 0.25) is 0 Å². The molecular weight excluding hydrogens is 317 g/mol. The second-order valence-corrected chi connectivity index (χ2v) is 5.77. The number of hydrogen-bond acceptors (Lipinski definition) is 2. The van der Waals surface area contributed by atoms with Crippen molar-refractivity contribution in [3.63, 3.8) is 0 Å². The van der Waals surface area contributed by atoms with Crippen molar-refractivity contribution in [2.24, 2.45) is 5.73 Å². The van der Waals surface area contributed by atoms with E-state index in [4.69, 9.17) is 5.73 Å².